The molecular formula is C30H26INO5S. The molecule has 0 aliphatic carbocycles. The fourth-order valence-electron chi connectivity index (χ4n) is 3.64. The molecule has 38 heavy (non-hydrogen) atoms. The van der Waals surface area contributed by atoms with Gasteiger partial charge in [0.15, 0.2) is 0 Å². The van der Waals surface area contributed by atoms with Gasteiger partial charge in [-0.3, -0.25) is 0 Å². The van der Waals surface area contributed by atoms with Gasteiger partial charge < -0.3 is 9.47 Å². The van der Waals surface area contributed by atoms with Gasteiger partial charge in [0, 0.05) is 9.65 Å². The molecule has 0 aromatic heterocycles. The Morgan fingerprint density at radius 3 is 2.13 bits per heavy atom. The molecule has 0 spiro atoms. The van der Waals surface area contributed by atoms with Crippen molar-refractivity contribution in [3.8, 4) is 5.75 Å². The second kappa shape index (κ2) is 12.3. The van der Waals surface area contributed by atoms with Crippen LogP contribution in [-0.4, -0.2) is 25.8 Å². The van der Waals surface area contributed by atoms with E-state index in [1.165, 1.54) is 0 Å². The Hall–Kier alpha value is -3.63. The average Bonchev–Trinajstić information content (AvgIpc) is 2.92. The molecule has 0 aliphatic heterocycles. The fraction of sp³-hybridized carbons (Fsp3) is 0.100. The van der Waals surface area contributed by atoms with Gasteiger partial charge in [0.2, 0.25) is 5.88 Å². The zero-order valence-corrected chi connectivity index (χ0v) is 23.8. The second-order valence-corrected chi connectivity index (χ2v) is 11.5. The van der Waals surface area contributed by atoms with Crippen molar-refractivity contribution in [3.63, 3.8) is 0 Å². The van der Waals surface area contributed by atoms with Crippen LogP contribution in [0.5, 0.6) is 5.75 Å². The Balaban J connectivity index is 1.86. The smallest absolute Gasteiger partial charge is 0.345 e. The molecule has 0 saturated carbocycles. The van der Waals surface area contributed by atoms with Crippen LogP contribution in [0, 0.1) is 10.5 Å². The molecule has 0 unspecified atom stereocenters. The quantitative estimate of drug-likeness (QED) is 0.117. The minimum absolute atomic E-state index is 0.0435. The third kappa shape index (κ3) is 6.62. The zero-order valence-electron chi connectivity index (χ0n) is 20.9. The number of halogens is 1. The number of ether oxygens (including phenoxy) is 2. The number of methoxy groups -OCH3 is 1. The van der Waals surface area contributed by atoms with E-state index in [2.05, 4.69) is 22.6 Å². The molecule has 0 atom stereocenters. The third-order valence-corrected chi connectivity index (χ3v) is 8.42. The van der Waals surface area contributed by atoms with Gasteiger partial charge in [-0.2, -0.15) is 0 Å². The Morgan fingerprint density at radius 1 is 0.868 bits per heavy atom. The highest BCUT2D eigenvalue weighted by atomic mass is 127. The average molecular weight is 640 g/mol. The van der Waals surface area contributed by atoms with Gasteiger partial charge in [-0.15, -0.1) is 0 Å². The van der Waals surface area contributed by atoms with Crippen LogP contribution in [0.1, 0.15) is 27.0 Å². The molecule has 0 fully saturated rings. The number of benzene rings is 4. The standard InChI is InChI=1S/C30H26INO5S/c1-22-12-18-26(19-13-22)38(34,35)32(21-24-8-4-3-5-9-24)29(20-23-14-16-25(36-2)17-15-23)37-30(33)27-10-6-7-11-28(27)31/h3-20H,21H2,1-2H3/b29-20+. The van der Waals surface area contributed by atoms with E-state index in [-0.39, 0.29) is 17.3 Å². The van der Waals surface area contributed by atoms with Crippen molar-refractivity contribution in [1.29, 1.82) is 0 Å². The maximum absolute atomic E-state index is 14.0. The summed E-state index contributed by atoms with van der Waals surface area (Å²) < 4.78 is 41.0. The molecule has 0 N–H and O–H groups in total. The van der Waals surface area contributed by atoms with Gasteiger partial charge in [0.05, 0.1) is 24.1 Å². The number of carbonyl (C=O) groups excluding carboxylic acids is 1. The molecule has 4 aromatic carbocycles. The maximum Gasteiger partial charge on any atom is 0.345 e. The summed E-state index contributed by atoms with van der Waals surface area (Å²) in [5, 5.41) is 0. The first-order chi connectivity index (χ1) is 18.3. The normalized spacial score (nSPS) is 11.6. The highest BCUT2D eigenvalue weighted by Gasteiger charge is 2.30. The van der Waals surface area contributed by atoms with Crippen molar-refractivity contribution in [2.45, 2.75) is 18.4 Å². The summed E-state index contributed by atoms with van der Waals surface area (Å²) >= 11 is 2.05. The van der Waals surface area contributed by atoms with Crippen molar-refractivity contribution >= 4 is 44.7 Å². The molecule has 194 valence electrons. The lowest BCUT2D eigenvalue weighted by Crippen LogP contribution is -2.32. The highest BCUT2D eigenvalue weighted by molar-refractivity contribution is 14.1. The molecule has 6 nitrogen and oxygen atoms in total. The largest absolute Gasteiger partial charge is 0.497 e. The first kappa shape index (κ1) is 27.4. The van der Waals surface area contributed by atoms with Crippen LogP contribution in [0.15, 0.2) is 114 Å². The van der Waals surface area contributed by atoms with Crippen LogP contribution in [0.3, 0.4) is 0 Å². The molecule has 8 heteroatoms. The SMILES string of the molecule is COc1ccc(/C=C(/OC(=O)c2ccccc2I)N(Cc2ccccc2)S(=O)(=O)c2ccc(C)cc2)cc1. The first-order valence-electron chi connectivity index (χ1n) is 11.7. The lowest BCUT2D eigenvalue weighted by molar-refractivity contribution is 0.0559. The molecular weight excluding hydrogens is 613 g/mol. The number of sulfonamides is 1. The zero-order chi connectivity index (χ0) is 27.1. The number of carbonyl (C=O) groups is 1. The predicted molar refractivity (Wildman–Crippen MR) is 156 cm³/mol. The lowest BCUT2D eigenvalue weighted by Gasteiger charge is -2.26. The number of rotatable bonds is 9. The second-order valence-electron chi connectivity index (χ2n) is 8.44. The topological polar surface area (TPSA) is 72.9 Å². The molecule has 0 heterocycles. The number of aryl methyl sites for hydroxylation is 1. The molecule has 0 radical (unpaired) electrons. The molecule has 4 rings (SSSR count). The minimum Gasteiger partial charge on any atom is -0.497 e. The molecule has 4 aromatic rings. The number of nitrogens with zero attached hydrogens (tertiary/aromatic N) is 1. The monoisotopic (exact) mass is 639 g/mol. The van der Waals surface area contributed by atoms with Crippen LogP contribution in [0.25, 0.3) is 6.08 Å². The molecule has 0 bridgehead atoms. The van der Waals surface area contributed by atoms with Crippen molar-refractivity contribution in [2.75, 3.05) is 7.11 Å². The van der Waals surface area contributed by atoms with E-state index in [1.807, 2.05) is 43.3 Å². The van der Waals surface area contributed by atoms with E-state index in [1.54, 1.807) is 79.9 Å². The van der Waals surface area contributed by atoms with Crippen molar-refractivity contribution in [2.24, 2.45) is 0 Å². The van der Waals surface area contributed by atoms with E-state index in [0.29, 0.717) is 20.4 Å². The highest BCUT2D eigenvalue weighted by Crippen LogP contribution is 2.27. The van der Waals surface area contributed by atoms with E-state index in [0.717, 1.165) is 15.4 Å². The number of esters is 1. The first-order valence-corrected chi connectivity index (χ1v) is 14.3. The van der Waals surface area contributed by atoms with Gasteiger partial charge in [-0.1, -0.05) is 72.3 Å². The van der Waals surface area contributed by atoms with E-state index < -0.39 is 16.0 Å². The molecule has 0 aliphatic rings. The Morgan fingerprint density at radius 2 is 1.50 bits per heavy atom. The Kier molecular flexibility index (Phi) is 8.85. The van der Waals surface area contributed by atoms with Crippen LogP contribution in [0.2, 0.25) is 0 Å². The van der Waals surface area contributed by atoms with Crippen molar-refractivity contribution < 1.29 is 22.7 Å². The van der Waals surface area contributed by atoms with E-state index >= 15 is 0 Å². The summed E-state index contributed by atoms with van der Waals surface area (Å²) in [6.07, 6.45) is 1.54. The summed E-state index contributed by atoms with van der Waals surface area (Å²) in [5.74, 6) is -0.135. The Bertz CT molecular complexity index is 1530. The van der Waals surface area contributed by atoms with Gasteiger partial charge in [-0.05, 0) is 77.0 Å². The molecule has 0 amide bonds. The summed E-state index contributed by atoms with van der Waals surface area (Å²) in [5.41, 5.74) is 2.63. The fourth-order valence-corrected chi connectivity index (χ4v) is 5.63. The van der Waals surface area contributed by atoms with Crippen LogP contribution in [-0.2, 0) is 21.3 Å². The lowest BCUT2D eigenvalue weighted by atomic mass is 10.2. The Labute approximate surface area is 236 Å². The minimum atomic E-state index is -4.12. The third-order valence-electron chi connectivity index (χ3n) is 5.72. The van der Waals surface area contributed by atoms with Crippen LogP contribution < -0.4 is 4.74 Å². The summed E-state index contributed by atoms with van der Waals surface area (Å²) in [6.45, 7) is 1.84. The van der Waals surface area contributed by atoms with Gasteiger partial charge in [-0.25, -0.2) is 17.5 Å². The van der Waals surface area contributed by atoms with Gasteiger partial charge in [0.25, 0.3) is 10.0 Å². The van der Waals surface area contributed by atoms with E-state index in [4.69, 9.17) is 9.47 Å². The van der Waals surface area contributed by atoms with Gasteiger partial charge >= 0.3 is 5.97 Å². The number of hydrogen-bond acceptors (Lipinski definition) is 5. The van der Waals surface area contributed by atoms with Crippen molar-refractivity contribution in [1.82, 2.24) is 4.31 Å². The van der Waals surface area contributed by atoms with Crippen LogP contribution >= 0.6 is 22.6 Å². The molecule has 0 saturated heterocycles. The van der Waals surface area contributed by atoms with Crippen LogP contribution in [0.4, 0.5) is 0 Å². The predicted octanol–water partition coefficient (Wildman–Crippen LogP) is 6.65. The summed E-state index contributed by atoms with van der Waals surface area (Å²) in [4.78, 5) is 13.4. The van der Waals surface area contributed by atoms with E-state index in [9.17, 15) is 13.2 Å². The number of hydrogen-bond donors (Lipinski definition) is 0. The summed E-state index contributed by atoms with van der Waals surface area (Å²) in [6, 6.07) is 29.7. The summed E-state index contributed by atoms with van der Waals surface area (Å²) in [7, 11) is -2.56. The maximum atomic E-state index is 14.0. The van der Waals surface area contributed by atoms with Gasteiger partial charge in [0.1, 0.15) is 5.75 Å². The van der Waals surface area contributed by atoms with Crippen molar-refractivity contribution in [3.05, 3.63) is 135 Å².